The van der Waals surface area contributed by atoms with E-state index in [9.17, 15) is 22.8 Å². The van der Waals surface area contributed by atoms with Gasteiger partial charge in [0.2, 0.25) is 0 Å². The van der Waals surface area contributed by atoms with Crippen LogP contribution in [-0.2, 0) is 6.18 Å². The highest BCUT2D eigenvalue weighted by Crippen LogP contribution is 2.48. The fourth-order valence-electron chi connectivity index (χ4n) is 4.83. The van der Waals surface area contributed by atoms with Gasteiger partial charge in [-0.1, -0.05) is 18.2 Å². The average molecular weight is 554 g/mol. The molecule has 3 N–H and O–H groups in total. The second-order valence-electron chi connectivity index (χ2n) is 9.19. The van der Waals surface area contributed by atoms with E-state index in [-0.39, 0.29) is 39.6 Å². The molecule has 2 aliphatic heterocycles. The number of carbonyl (C=O) groups is 2. The molecule has 0 spiro atoms. The van der Waals surface area contributed by atoms with Gasteiger partial charge in [0.25, 0.3) is 5.91 Å². The molecule has 8 nitrogen and oxygen atoms in total. The van der Waals surface area contributed by atoms with Crippen LogP contribution in [0.25, 0.3) is 10.2 Å². The highest BCUT2D eigenvalue weighted by Gasteiger charge is 2.40. The van der Waals surface area contributed by atoms with Crippen LogP contribution in [0.1, 0.15) is 28.1 Å². The van der Waals surface area contributed by atoms with Gasteiger partial charge in [0.15, 0.2) is 0 Å². The number of alkyl halides is 3. The van der Waals surface area contributed by atoms with E-state index in [1.54, 1.807) is 30.3 Å². The first-order chi connectivity index (χ1) is 18.8. The molecule has 2 aromatic carbocycles. The maximum Gasteiger partial charge on any atom is 0.418 e. The summed E-state index contributed by atoms with van der Waals surface area (Å²) < 4.78 is 48.5. The molecule has 0 aliphatic carbocycles. The van der Waals surface area contributed by atoms with Crippen LogP contribution in [0.5, 0.6) is 11.5 Å². The maximum absolute atomic E-state index is 14.3. The van der Waals surface area contributed by atoms with Crippen LogP contribution in [0, 0.1) is 0 Å². The smallest absolute Gasteiger partial charge is 0.418 e. The van der Waals surface area contributed by atoms with Crippen molar-refractivity contribution < 1.29 is 27.5 Å². The number of pyridine rings is 1. The zero-order valence-corrected chi connectivity index (χ0v) is 21.2. The van der Waals surface area contributed by atoms with Crippen LogP contribution in [-0.4, -0.2) is 36.1 Å². The molecule has 4 heterocycles. The van der Waals surface area contributed by atoms with Crippen molar-refractivity contribution in [3.05, 3.63) is 71.2 Å². The Labute approximate surface area is 224 Å². The standard InChI is InChI=1S/C27H22F3N5O3S/c28-27(29,30)18-13-17(38-16-6-2-1-3-7-16)8-9-19(18)35-20-10-12-32-25-21(20)22(34-26(35)37)23(39-25)24(36)33-15-5-4-11-31-14-15/h1-3,6-10,12-13,15,31H,4-5,11,14H2,(H,33,36)(H,34,37)/t15-/m1/s1. The Kier molecular flexibility index (Phi) is 6.35. The van der Waals surface area contributed by atoms with Gasteiger partial charge in [-0.3, -0.25) is 9.69 Å². The Morgan fingerprint density at radius 2 is 1.92 bits per heavy atom. The number of hydrogen-bond acceptors (Lipinski definition) is 6. The van der Waals surface area contributed by atoms with E-state index in [1.165, 1.54) is 24.4 Å². The summed E-state index contributed by atoms with van der Waals surface area (Å²) in [6.45, 7) is 1.53. The van der Waals surface area contributed by atoms with Crippen LogP contribution in [0.2, 0.25) is 0 Å². The highest BCUT2D eigenvalue weighted by atomic mass is 32.1. The number of ether oxygens (including phenoxy) is 1. The monoisotopic (exact) mass is 553 g/mol. The van der Waals surface area contributed by atoms with Gasteiger partial charge in [-0.05, 0) is 55.8 Å². The summed E-state index contributed by atoms with van der Waals surface area (Å²) in [7, 11) is 0. The molecule has 0 saturated carbocycles. The molecule has 12 heteroatoms. The predicted octanol–water partition coefficient (Wildman–Crippen LogP) is 6.27. The Morgan fingerprint density at radius 3 is 2.67 bits per heavy atom. The van der Waals surface area contributed by atoms with Crippen molar-refractivity contribution in [2.45, 2.75) is 25.1 Å². The molecule has 1 atom stereocenters. The maximum atomic E-state index is 14.3. The Balaban J connectivity index is 1.40. The van der Waals surface area contributed by atoms with Crippen molar-refractivity contribution in [2.75, 3.05) is 23.3 Å². The summed E-state index contributed by atoms with van der Waals surface area (Å²) in [5.41, 5.74) is -0.963. The molecule has 4 aromatic rings. The number of carbonyl (C=O) groups excluding carboxylic acids is 2. The third-order valence-corrected chi connectivity index (χ3v) is 7.67. The van der Waals surface area contributed by atoms with Crippen molar-refractivity contribution in [3.63, 3.8) is 0 Å². The van der Waals surface area contributed by atoms with E-state index >= 15 is 0 Å². The van der Waals surface area contributed by atoms with Gasteiger partial charge >= 0.3 is 12.2 Å². The van der Waals surface area contributed by atoms with Crippen molar-refractivity contribution in [1.82, 2.24) is 15.6 Å². The lowest BCUT2D eigenvalue weighted by molar-refractivity contribution is -0.137. The summed E-state index contributed by atoms with van der Waals surface area (Å²) >= 11 is 1.08. The number of anilines is 3. The molecule has 0 radical (unpaired) electrons. The molecule has 2 aromatic heterocycles. The quantitative estimate of drug-likeness (QED) is 0.271. The number of nitrogens with one attached hydrogen (secondary N) is 3. The van der Waals surface area contributed by atoms with Crippen molar-refractivity contribution in [1.29, 1.82) is 0 Å². The minimum absolute atomic E-state index is 0.0260. The molecule has 200 valence electrons. The summed E-state index contributed by atoms with van der Waals surface area (Å²) in [6.07, 6.45) is -1.62. The Bertz CT molecular complexity index is 1570. The van der Waals surface area contributed by atoms with Crippen LogP contribution >= 0.6 is 11.3 Å². The summed E-state index contributed by atoms with van der Waals surface area (Å²) in [6, 6.07) is 12.5. The normalized spacial score (nSPS) is 17.2. The molecule has 6 rings (SSSR count). The van der Waals surface area contributed by atoms with E-state index in [1.807, 2.05) is 0 Å². The largest absolute Gasteiger partial charge is 0.457 e. The lowest BCUT2D eigenvalue weighted by Crippen LogP contribution is -2.45. The van der Waals surface area contributed by atoms with Gasteiger partial charge in [0.05, 0.1) is 28.0 Å². The minimum atomic E-state index is -4.79. The highest BCUT2D eigenvalue weighted by molar-refractivity contribution is 7.21. The number of hydrogen-bond donors (Lipinski definition) is 3. The molecule has 3 amide bonds. The van der Waals surface area contributed by atoms with Gasteiger partial charge < -0.3 is 20.7 Å². The fraction of sp³-hybridized carbons (Fsp3) is 0.222. The second kappa shape index (κ2) is 9.86. The molecule has 0 bridgehead atoms. The number of piperidine rings is 1. The number of halogens is 3. The Morgan fingerprint density at radius 1 is 1.10 bits per heavy atom. The minimum Gasteiger partial charge on any atom is -0.457 e. The first-order valence-electron chi connectivity index (χ1n) is 12.3. The van der Waals surface area contributed by atoms with Crippen molar-refractivity contribution in [2.24, 2.45) is 0 Å². The number of urea groups is 1. The molecule has 0 unspecified atom stereocenters. The van der Waals surface area contributed by atoms with Gasteiger partial charge in [0.1, 0.15) is 21.2 Å². The molecular weight excluding hydrogens is 531 g/mol. The van der Waals surface area contributed by atoms with E-state index < -0.39 is 17.8 Å². The SMILES string of the molecule is O=C(N[C@@H]1CCCNC1)c1sc2nccc3c2c1NC(=O)N3c1ccc(Oc2ccccc2)cc1C(F)(F)F. The predicted molar refractivity (Wildman–Crippen MR) is 142 cm³/mol. The van der Waals surface area contributed by atoms with Crippen LogP contribution in [0.4, 0.5) is 35.0 Å². The number of aromatic nitrogens is 1. The van der Waals surface area contributed by atoms with Crippen LogP contribution in [0.15, 0.2) is 60.8 Å². The molecular formula is C27H22F3N5O3S. The molecule has 2 aliphatic rings. The fourth-order valence-corrected chi connectivity index (χ4v) is 5.86. The third-order valence-electron chi connectivity index (χ3n) is 6.58. The van der Waals surface area contributed by atoms with Crippen LogP contribution < -0.4 is 25.6 Å². The van der Waals surface area contributed by atoms with E-state index in [4.69, 9.17) is 4.74 Å². The average Bonchev–Trinajstić information content (AvgIpc) is 3.29. The number of benzene rings is 2. The summed E-state index contributed by atoms with van der Waals surface area (Å²) in [5, 5.41) is 9.28. The Hall–Kier alpha value is -4.16. The van der Waals surface area contributed by atoms with Gasteiger partial charge in [-0.25, -0.2) is 9.78 Å². The second-order valence-corrected chi connectivity index (χ2v) is 10.2. The number of thiophene rings is 1. The lowest BCUT2D eigenvalue weighted by Gasteiger charge is -2.30. The van der Waals surface area contributed by atoms with E-state index in [0.717, 1.165) is 41.7 Å². The number of nitrogens with zero attached hydrogens (tertiary/aromatic N) is 2. The summed E-state index contributed by atoms with van der Waals surface area (Å²) in [4.78, 5) is 32.5. The number of rotatable bonds is 5. The first-order valence-corrected chi connectivity index (χ1v) is 13.1. The summed E-state index contributed by atoms with van der Waals surface area (Å²) in [5.74, 6) is -0.00981. The topological polar surface area (TPSA) is 95.6 Å². The van der Waals surface area contributed by atoms with E-state index in [2.05, 4.69) is 20.9 Å². The van der Waals surface area contributed by atoms with Gasteiger partial charge in [-0.15, -0.1) is 11.3 Å². The number of amides is 3. The van der Waals surface area contributed by atoms with E-state index in [0.29, 0.717) is 22.5 Å². The zero-order chi connectivity index (χ0) is 27.1. The molecule has 1 saturated heterocycles. The zero-order valence-electron chi connectivity index (χ0n) is 20.3. The van der Waals surface area contributed by atoms with Crippen LogP contribution in [0.3, 0.4) is 0 Å². The van der Waals surface area contributed by atoms with Crippen molar-refractivity contribution in [3.8, 4) is 11.5 Å². The van der Waals surface area contributed by atoms with Gasteiger partial charge in [-0.2, -0.15) is 13.2 Å². The van der Waals surface area contributed by atoms with Gasteiger partial charge in [0, 0.05) is 18.8 Å². The lowest BCUT2D eigenvalue weighted by atomic mass is 10.1. The third kappa shape index (κ3) is 4.77. The first kappa shape index (κ1) is 25.1. The molecule has 39 heavy (non-hydrogen) atoms. The van der Waals surface area contributed by atoms with Crippen molar-refractivity contribution >= 4 is 50.6 Å². The number of para-hydroxylation sites is 1. The molecule has 1 fully saturated rings.